The summed E-state index contributed by atoms with van der Waals surface area (Å²) in [5.74, 6) is -26.1. The fourth-order valence-corrected chi connectivity index (χ4v) is 3.24. The van der Waals surface area contributed by atoms with Crippen molar-refractivity contribution in [3.63, 3.8) is 0 Å². The highest BCUT2D eigenvalue weighted by Gasteiger charge is 2.37. The summed E-state index contributed by atoms with van der Waals surface area (Å²) < 4.78 is 163. The Bertz CT molecular complexity index is 1500. The van der Waals surface area contributed by atoms with Crippen LogP contribution in [0.25, 0.3) is 10.8 Å². The first-order valence-corrected chi connectivity index (χ1v) is 9.48. The Labute approximate surface area is 193 Å². The SMILES string of the molecule is Fc1ccc(F)c(OB(Oc2c(F)c(F)c(F)c(F)c2F)c2ccc(F)c3c(F)c(F)ccc23)c1F. The Balaban J connectivity index is 1.98. The molecule has 0 heterocycles. The molecule has 0 spiro atoms. The topological polar surface area (TPSA) is 18.5 Å². The Morgan fingerprint density at radius 1 is 0.417 bits per heavy atom. The highest BCUT2D eigenvalue weighted by atomic mass is 19.2. The minimum absolute atomic E-state index is 0.336. The van der Waals surface area contributed by atoms with Crippen LogP contribution in [0.5, 0.6) is 11.5 Å². The molecule has 0 amide bonds. The summed E-state index contributed by atoms with van der Waals surface area (Å²) in [5, 5.41) is -1.73. The molecular formula is C22H6BF11O2. The van der Waals surface area contributed by atoms with E-state index < -0.39 is 98.8 Å². The van der Waals surface area contributed by atoms with Crippen LogP contribution in [0.3, 0.4) is 0 Å². The van der Waals surface area contributed by atoms with E-state index in [-0.39, 0.29) is 0 Å². The zero-order chi connectivity index (χ0) is 26.5. The largest absolute Gasteiger partial charge is 0.633 e. The van der Waals surface area contributed by atoms with Gasteiger partial charge in [-0.05, 0) is 29.7 Å². The fourth-order valence-electron chi connectivity index (χ4n) is 3.24. The number of hydrogen-bond donors (Lipinski definition) is 0. The van der Waals surface area contributed by atoms with E-state index in [9.17, 15) is 48.3 Å². The van der Waals surface area contributed by atoms with Gasteiger partial charge in [0, 0.05) is 5.46 Å². The summed E-state index contributed by atoms with van der Waals surface area (Å²) >= 11 is 0. The van der Waals surface area contributed by atoms with Crippen molar-refractivity contribution in [1.29, 1.82) is 0 Å². The molecule has 36 heavy (non-hydrogen) atoms. The lowest BCUT2D eigenvalue weighted by atomic mass is 9.75. The number of hydrogen-bond acceptors (Lipinski definition) is 2. The molecule has 4 rings (SSSR count). The molecule has 4 aromatic carbocycles. The lowest BCUT2D eigenvalue weighted by Gasteiger charge is -2.20. The highest BCUT2D eigenvalue weighted by molar-refractivity contribution is 6.65. The van der Waals surface area contributed by atoms with Crippen LogP contribution >= 0.6 is 0 Å². The van der Waals surface area contributed by atoms with Crippen molar-refractivity contribution >= 4 is 23.4 Å². The third kappa shape index (κ3) is 4.05. The van der Waals surface area contributed by atoms with Gasteiger partial charge in [0.15, 0.2) is 34.8 Å². The van der Waals surface area contributed by atoms with Gasteiger partial charge in [0.05, 0.1) is 5.39 Å². The van der Waals surface area contributed by atoms with E-state index in [2.05, 4.69) is 0 Å². The van der Waals surface area contributed by atoms with Gasteiger partial charge in [-0.1, -0.05) is 12.1 Å². The zero-order valence-electron chi connectivity index (χ0n) is 17.0. The second-order valence-corrected chi connectivity index (χ2v) is 7.06. The average molecular weight is 522 g/mol. The Hall–Kier alpha value is -3.97. The third-order valence-corrected chi connectivity index (χ3v) is 4.93. The first kappa shape index (κ1) is 25.1. The number of benzene rings is 4. The van der Waals surface area contributed by atoms with Crippen LogP contribution in [-0.2, 0) is 0 Å². The molecule has 0 saturated carbocycles. The normalized spacial score (nSPS) is 11.2. The van der Waals surface area contributed by atoms with Crippen molar-refractivity contribution in [2.75, 3.05) is 0 Å². The molecule has 0 aliphatic heterocycles. The molecule has 0 bridgehead atoms. The van der Waals surface area contributed by atoms with Crippen molar-refractivity contribution in [3.05, 3.63) is 100 Å². The van der Waals surface area contributed by atoms with E-state index in [1.807, 2.05) is 0 Å². The van der Waals surface area contributed by atoms with Crippen LogP contribution in [0.15, 0.2) is 36.4 Å². The molecule has 0 N–H and O–H groups in total. The van der Waals surface area contributed by atoms with Crippen LogP contribution in [-0.4, -0.2) is 7.12 Å². The van der Waals surface area contributed by atoms with Gasteiger partial charge in [-0.2, -0.15) is 13.2 Å². The summed E-state index contributed by atoms with van der Waals surface area (Å²) in [4.78, 5) is 0. The second kappa shape index (κ2) is 9.24. The number of halogens is 11. The maximum Gasteiger partial charge on any atom is 0.633 e. The predicted octanol–water partition coefficient (Wildman–Crippen LogP) is 6.22. The van der Waals surface area contributed by atoms with E-state index in [1.165, 1.54) is 0 Å². The first-order chi connectivity index (χ1) is 16.9. The molecule has 186 valence electrons. The van der Waals surface area contributed by atoms with Crippen molar-refractivity contribution < 1.29 is 57.6 Å². The molecule has 0 radical (unpaired) electrons. The lowest BCUT2D eigenvalue weighted by molar-refractivity contribution is 0.328. The van der Waals surface area contributed by atoms with Crippen LogP contribution in [0, 0.1) is 64.0 Å². The second-order valence-electron chi connectivity index (χ2n) is 7.06. The minimum Gasteiger partial charge on any atom is -0.518 e. The molecular weight excluding hydrogens is 516 g/mol. The van der Waals surface area contributed by atoms with Gasteiger partial charge in [-0.25, -0.2) is 35.1 Å². The van der Waals surface area contributed by atoms with E-state index in [1.54, 1.807) is 0 Å². The molecule has 4 aromatic rings. The zero-order valence-corrected chi connectivity index (χ0v) is 17.0. The molecule has 14 heteroatoms. The Kier molecular flexibility index (Phi) is 6.45. The van der Waals surface area contributed by atoms with E-state index in [0.717, 1.165) is 0 Å². The van der Waals surface area contributed by atoms with Crippen molar-refractivity contribution in [3.8, 4) is 11.5 Å². The van der Waals surface area contributed by atoms with Crippen molar-refractivity contribution in [2.45, 2.75) is 0 Å². The average Bonchev–Trinajstić information content (AvgIpc) is 2.85. The van der Waals surface area contributed by atoms with Crippen molar-refractivity contribution in [2.24, 2.45) is 0 Å². The van der Waals surface area contributed by atoms with Crippen molar-refractivity contribution in [1.82, 2.24) is 0 Å². The summed E-state index contributed by atoms with van der Waals surface area (Å²) in [6.07, 6.45) is 0. The summed E-state index contributed by atoms with van der Waals surface area (Å²) in [5.41, 5.74) is -0.725. The maximum atomic E-state index is 14.3. The van der Waals surface area contributed by atoms with Gasteiger partial charge in [0.25, 0.3) is 0 Å². The Morgan fingerprint density at radius 2 is 0.889 bits per heavy atom. The quantitative estimate of drug-likeness (QED) is 0.134. The molecule has 2 nitrogen and oxygen atoms in total. The molecule has 0 atom stereocenters. The van der Waals surface area contributed by atoms with E-state index >= 15 is 0 Å². The van der Waals surface area contributed by atoms with Gasteiger partial charge >= 0.3 is 7.12 Å². The first-order valence-electron chi connectivity index (χ1n) is 9.48. The van der Waals surface area contributed by atoms with Crippen LogP contribution in [0.2, 0.25) is 0 Å². The molecule has 0 fully saturated rings. The monoisotopic (exact) mass is 522 g/mol. The van der Waals surface area contributed by atoms with Gasteiger partial charge < -0.3 is 9.31 Å². The van der Waals surface area contributed by atoms with E-state index in [4.69, 9.17) is 9.31 Å². The van der Waals surface area contributed by atoms with Gasteiger partial charge in [-0.15, -0.1) is 0 Å². The summed E-state index contributed by atoms with van der Waals surface area (Å²) in [7, 11) is -2.63. The summed E-state index contributed by atoms with van der Waals surface area (Å²) in [6.45, 7) is 0. The molecule has 0 aliphatic carbocycles. The number of fused-ring (bicyclic) bond motifs is 1. The van der Waals surface area contributed by atoms with Crippen LogP contribution in [0.1, 0.15) is 0 Å². The molecule has 0 saturated heterocycles. The highest BCUT2D eigenvalue weighted by Crippen LogP contribution is 2.32. The molecule has 0 aliphatic rings. The van der Waals surface area contributed by atoms with E-state index in [0.29, 0.717) is 36.4 Å². The molecule has 0 aromatic heterocycles. The fraction of sp³-hybridized carbons (Fsp3) is 0. The van der Waals surface area contributed by atoms with Crippen LogP contribution < -0.4 is 14.8 Å². The Morgan fingerprint density at radius 3 is 1.53 bits per heavy atom. The van der Waals surface area contributed by atoms with Gasteiger partial charge in [0.2, 0.25) is 34.9 Å². The predicted molar refractivity (Wildman–Crippen MR) is 103 cm³/mol. The maximum absolute atomic E-state index is 14.3. The smallest absolute Gasteiger partial charge is 0.518 e. The minimum atomic E-state index is -2.63. The van der Waals surface area contributed by atoms with Gasteiger partial charge in [-0.3, -0.25) is 0 Å². The standard InChI is InChI=1S/C22H6BF11O2/c24-9-4-2-8(7-1-3-10(25)14(28)13(7)9)23(35-21-12(27)6-5-11(26)15(21)29)36-22-19(33)17(31)16(30)18(32)20(22)34/h1-6H. The van der Waals surface area contributed by atoms with Gasteiger partial charge in [0.1, 0.15) is 5.82 Å². The molecule has 0 unspecified atom stereocenters. The lowest BCUT2D eigenvalue weighted by Crippen LogP contribution is -2.44. The third-order valence-electron chi connectivity index (χ3n) is 4.93. The number of rotatable bonds is 5. The summed E-state index contributed by atoms with van der Waals surface area (Å²) in [6, 6.07) is 3.02. The van der Waals surface area contributed by atoms with Crippen LogP contribution in [0.4, 0.5) is 48.3 Å².